The third-order valence-electron chi connectivity index (χ3n) is 0. The van der Waals surface area contributed by atoms with Crippen molar-refractivity contribution in [3.63, 3.8) is 0 Å². The molecule has 0 rings (SSSR count). The third kappa shape index (κ3) is 157. The summed E-state index contributed by atoms with van der Waals surface area (Å²) in [5.74, 6) is 0. The average molecular weight is 1140 g/mol. The summed E-state index contributed by atoms with van der Waals surface area (Å²) in [6.07, 6.45) is 0. The van der Waals surface area contributed by atoms with Gasteiger partial charge in [0.05, 0.1) is 0 Å². The van der Waals surface area contributed by atoms with Crippen molar-refractivity contribution >= 4 is 91.0 Å². The maximum atomic E-state index is 0. The van der Waals surface area contributed by atoms with E-state index in [-0.39, 0.29) is 404 Å². The molecule has 0 aromatic heterocycles. The minimum Gasteiger partial charge on any atom is 0 e. The summed E-state index contributed by atoms with van der Waals surface area (Å²) in [7, 11) is 0. The van der Waals surface area contributed by atoms with Crippen molar-refractivity contribution < 1.29 is 313 Å². The first-order valence-electron chi connectivity index (χ1n) is 0. The van der Waals surface area contributed by atoms with Crippen LogP contribution in [-0.4, -0.2) is 91.0 Å². The van der Waals surface area contributed by atoms with E-state index in [2.05, 4.69) is 0 Å². The Hall–Kier alpha value is 12.7. The summed E-state index contributed by atoms with van der Waals surface area (Å²) >= 11 is 0. The van der Waals surface area contributed by atoms with Gasteiger partial charge in [0.15, 0.2) is 0 Å². The molecule has 0 aliphatic rings. The van der Waals surface area contributed by atoms with Gasteiger partial charge in [0.25, 0.3) is 0 Å². The third-order valence-corrected chi connectivity index (χ3v) is 0. The zero-order valence-corrected chi connectivity index (χ0v) is 41.6. The summed E-state index contributed by atoms with van der Waals surface area (Å²) in [6, 6.07) is 0. The van der Waals surface area contributed by atoms with Crippen LogP contribution in [0.1, 0.15) is 0 Å². The molecule has 0 aliphatic heterocycles. The maximum absolute atomic E-state index is 0. The summed E-state index contributed by atoms with van der Waals surface area (Å²) in [6.45, 7) is 0. The molecule has 0 N–H and O–H groups in total. The van der Waals surface area contributed by atoms with Crippen molar-refractivity contribution in [2.75, 3.05) is 0 Å². The Morgan fingerprint density at radius 3 is 0.421 bits per heavy atom. The van der Waals surface area contributed by atoms with Crippen molar-refractivity contribution in [1.29, 1.82) is 0 Å². The molecule has 0 saturated carbocycles. The molecule has 0 heterocycles. The molecule has 12 radical (unpaired) electrons. The largest absolute Gasteiger partial charge is 0 e. The number of hydrogen-bond donors (Lipinski definition) is 0. The van der Waals surface area contributed by atoms with Crippen LogP contribution in [0.3, 0.4) is 0 Å². The Bertz CT molecular complexity index is 55.7. The molecule has 0 nitrogen and oxygen atoms in total. The summed E-state index contributed by atoms with van der Waals surface area (Å²) in [5.41, 5.74) is 0. The van der Waals surface area contributed by atoms with Gasteiger partial charge in [-0.2, -0.15) is 0 Å². The van der Waals surface area contributed by atoms with E-state index in [0.717, 1.165) is 0 Å². The second-order valence-electron chi connectivity index (χ2n) is 0. The molecule has 0 bridgehead atoms. The Morgan fingerprint density at radius 2 is 0.421 bits per heavy atom. The molecule has 19 heavy (non-hydrogen) atoms. The molecule has 19 heteroatoms. The van der Waals surface area contributed by atoms with Crippen molar-refractivity contribution in [3.8, 4) is 0 Å². The molecule has 0 unspecified atom stereocenters. The molecular formula is Co3CrFe3Mn3Ni2Sc2Sr2Zn3. The monoisotopic (exact) mass is 1130 g/mol. The van der Waals surface area contributed by atoms with Crippen molar-refractivity contribution in [1.82, 2.24) is 0 Å². The van der Waals surface area contributed by atoms with Crippen LogP contribution in [0.25, 0.3) is 0 Å². The second-order valence-corrected chi connectivity index (χ2v) is 0. The van der Waals surface area contributed by atoms with E-state index in [9.17, 15) is 0 Å². The summed E-state index contributed by atoms with van der Waals surface area (Å²) in [5, 5.41) is 0. The fourth-order valence-electron chi connectivity index (χ4n) is 0. The predicted octanol–water partition coefficient (Wildman–Crippen LogP) is -0.804. The van der Waals surface area contributed by atoms with Crippen LogP contribution in [0.15, 0.2) is 0 Å². The first-order chi connectivity index (χ1) is 0. The molecular weight excluding hydrogens is 1140 g/mol. The Morgan fingerprint density at radius 1 is 0.421 bits per heavy atom. The Balaban J connectivity index is 0. The molecule has 0 atom stereocenters. The van der Waals surface area contributed by atoms with Gasteiger partial charge in [-0.15, -0.1) is 0 Å². The van der Waals surface area contributed by atoms with Crippen molar-refractivity contribution in [2.24, 2.45) is 0 Å². The van der Waals surface area contributed by atoms with Crippen LogP contribution in [-0.2, 0) is 313 Å². The van der Waals surface area contributed by atoms with E-state index in [1.165, 1.54) is 0 Å². The van der Waals surface area contributed by atoms with Crippen LogP contribution in [0.4, 0.5) is 0 Å². The smallest absolute Gasteiger partial charge is 0 e. The van der Waals surface area contributed by atoms with Gasteiger partial charge in [-0.1, -0.05) is 0 Å². The van der Waals surface area contributed by atoms with Gasteiger partial charge < -0.3 is 0 Å². The number of rotatable bonds is 0. The zero-order chi connectivity index (χ0) is 0. The average Bonchev–Trinajstić information content (AvgIpc) is 0. The molecule has 0 amide bonds. The van der Waals surface area contributed by atoms with Gasteiger partial charge in [-0.05, 0) is 0 Å². The normalized spacial score (nSPS) is 0. The van der Waals surface area contributed by atoms with Gasteiger partial charge in [0.1, 0.15) is 0 Å². The van der Waals surface area contributed by atoms with E-state index >= 15 is 0 Å². The molecule has 0 aliphatic carbocycles. The fourth-order valence-corrected chi connectivity index (χ4v) is 0. The quantitative estimate of drug-likeness (QED) is 0.280. The van der Waals surface area contributed by atoms with Gasteiger partial charge in [0.2, 0.25) is 0 Å². The predicted molar refractivity (Wildman–Crippen MR) is 11.5 cm³/mol. The molecule has 0 aromatic carbocycles. The van der Waals surface area contributed by atoms with E-state index in [1.54, 1.807) is 0 Å². The van der Waals surface area contributed by atoms with Crippen LogP contribution in [0.2, 0.25) is 0 Å². The van der Waals surface area contributed by atoms with Crippen LogP contribution in [0, 0.1) is 0 Å². The molecule has 0 fully saturated rings. The van der Waals surface area contributed by atoms with Gasteiger partial charge in [-0.25, -0.2) is 0 Å². The summed E-state index contributed by atoms with van der Waals surface area (Å²) in [4.78, 5) is 0. The van der Waals surface area contributed by atoms with Crippen LogP contribution < -0.4 is 0 Å². The van der Waals surface area contributed by atoms with Crippen LogP contribution >= 0.6 is 0 Å². The van der Waals surface area contributed by atoms with E-state index in [1.807, 2.05) is 0 Å². The second kappa shape index (κ2) is 168. The maximum Gasteiger partial charge on any atom is 0 e. The molecule has 0 saturated heterocycles. The minimum absolute atomic E-state index is 0. The first kappa shape index (κ1) is 185. The molecule has 0 aromatic rings. The molecule has 114 valence electrons. The van der Waals surface area contributed by atoms with Gasteiger partial charge in [0, 0.05) is 404 Å². The zero-order valence-electron chi connectivity index (χ0n) is 8.93. The fraction of sp³-hybridized carbons (Fsp3) is 0. The molecule has 0 spiro atoms. The SMILES string of the molecule is [Co].[Co].[Co].[Cr].[Fe].[Fe].[Fe].[Mn].[Mn].[Mn].[Ni].[Ni].[Sc].[Sc].[Sr].[Sr].[Zn].[Zn].[Zn]. The van der Waals surface area contributed by atoms with Crippen molar-refractivity contribution in [2.45, 2.75) is 0 Å². The van der Waals surface area contributed by atoms with Crippen LogP contribution in [0.5, 0.6) is 0 Å². The first-order valence-corrected chi connectivity index (χ1v) is 0. The summed E-state index contributed by atoms with van der Waals surface area (Å²) < 4.78 is 0. The van der Waals surface area contributed by atoms with Crippen molar-refractivity contribution in [3.05, 3.63) is 0 Å². The standard InChI is InChI=1S/3Co.Cr.3Fe.3Mn.2Ni.2Sc.2Sr.3Zn. The van der Waals surface area contributed by atoms with E-state index in [0.29, 0.717) is 0 Å². The topological polar surface area (TPSA) is 0 Å². The number of hydrogen-bond acceptors (Lipinski definition) is 0. The van der Waals surface area contributed by atoms with Gasteiger partial charge in [-0.3, -0.25) is 0 Å². The van der Waals surface area contributed by atoms with Gasteiger partial charge >= 0.3 is 0 Å². The van der Waals surface area contributed by atoms with E-state index < -0.39 is 0 Å². The van der Waals surface area contributed by atoms with E-state index in [4.69, 9.17) is 0 Å². The minimum atomic E-state index is 0. The Labute approximate surface area is 392 Å². The Kier molecular flexibility index (Phi) is 1630.